The fourth-order valence-corrected chi connectivity index (χ4v) is 3.88. The number of aryl methyl sites for hydroxylation is 2. The van der Waals surface area contributed by atoms with Crippen molar-refractivity contribution in [3.8, 4) is 0 Å². The van der Waals surface area contributed by atoms with Gasteiger partial charge in [-0.2, -0.15) is 0 Å². The van der Waals surface area contributed by atoms with E-state index in [0.717, 1.165) is 18.8 Å². The Hall–Kier alpha value is -1.64. The molecule has 126 valence electrons. The first kappa shape index (κ1) is 16.2. The summed E-state index contributed by atoms with van der Waals surface area (Å²) in [6.45, 7) is 5.46. The van der Waals surface area contributed by atoms with Gasteiger partial charge in [-0.15, -0.1) is 0 Å². The number of imidazole rings is 1. The molecule has 2 atom stereocenters. The molecule has 0 aliphatic carbocycles. The SMILES string of the molecule is CCn1ccnc1[C@@H]1OCC[C@H]1CNS(=O)(=O)c1ccc(C)o1. The maximum absolute atomic E-state index is 12.3. The van der Waals surface area contributed by atoms with Gasteiger partial charge in [-0.1, -0.05) is 0 Å². The molecule has 1 saturated heterocycles. The zero-order valence-corrected chi connectivity index (χ0v) is 14.0. The van der Waals surface area contributed by atoms with Crippen molar-refractivity contribution in [2.45, 2.75) is 38.0 Å². The molecule has 0 amide bonds. The van der Waals surface area contributed by atoms with Crippen molar-refractivity contribution in [1.82, 2.24) is 14.3 Å². The molecule has 8 heteroatoms. The van der Waals surface area contributed by atoms with Gasteiger partial charge in [0.2, 0.25) is 5.09 Å². The summed E-state index contributed by atoms with van der Waals surface area (Å²) in [6, 6.07) is 3.10. The van der Waals surface area contributed by atoms with Crippen LogP contribution in [0.3, 0.4) is 0 Å². The van der Waals surface area contributed by atoms with Crippen molar-refractivity contribution < 1.29 is 17.6 Å². The lowest BCUT2D eigenvalue weighted by molar-refractivity contribution is 0.0816. The monoisotopic (exact) mass is 339 g/mol. The highest BCUT2D eigenvalue weighted by atomic mass is 32.2. The number of nitrogens with one attached hydrogen (secondary N) is 1. The second-order valence-corrected chi connectivity index (χ2v) is 7.33. The zero-order chi connectivity index (χ0) is 16.4. The Morgan fingerprint density at radius 1 is 1.43 bits per heavy atom. The molecular formula is C15H21N3O4S. The molecule has 3 heterocycles. The number of furan rings is 1. The quantitative estimate of drug-likeness (QED) is 0.868. The summed E-state index contributed by atoms with van der Waals surface area (Å²) in [5.74, 6) is 1.47. The Bertz CT molecular complexity index is 765. The van der Waals surface area contributed by atoms with E-state index in [1.54, 1.807) is 19.2 Å². The molecule has 1 aliphatic heterocycles. The summed E-state index contributed by atoms with van der Waals surface area (Å²) in [4.78, 5) is 4.37. The van der Waals surface area contributed by atoms with Crippen LogP contribution in [0.15, 0.2) is 34.0 Å². The van der Waals surface area contributed by atoms with Gasteiger partial charge in [0.05, 0.1) is 0 Å². The van der Waals surface area contributed by atoms with Crippen LogP contribution in [0.1, 0.15) is 31.0 Å². The number of aromatic nitrogens is 2. The van der Waals surface area contributed by atoms with Crippen molar-refractivity contribution in [1.29, 1.82) is 0 Å². The first-order valence-electron chi connectivity index (χ1n) is 7.70. The first-order chi connectivity index (χ1) is 11.0. The minimum Gasteiger partial charge on any atom is -0.449 e. The number of rotatable bonds is 6. The minimum absolute atomic E-state index is 0.0496. The van der Waals surface area contributed by atoms with Crippen molar-refractivity contribution in [3.63, 3.8) is 0 Å². The fourth-order valence-electron chi connectivity index (χ4n) is 2.82. The number of ether oxygens (including phenoxy) is 1. The van der Waals surface area contributed by atoms with E-state index in [-0.39, 0.29) is 17.1 Å². The Balaban J connectivity index is 1.70. The average Bonchev–Trinajstić information content (AvgIpc) is 3.24. The van der Waals surface area contributed by atoms with Crippen LogP contribution in [-0.4, -0.2) is 31.1 Å². The third kappa shape index (κ3) is 3.34. The Morgan fingerprint density at radius 3 is 2.96 bits per heavy atom. The lowest BCUT2D eigenvalue weighted by Gasteiger charge is -2.19. The minimum atomic E-state index is -3.63. The lowest BCUT2D eigenvalue weighted by atomic mass is 10.0. The number of nitrogens with zero attached hydrogens (tertiary/aromatic N) is 2. The molecule has 0 aromatic carbocycles. The van der Waals surface area contributed by atoms with Crippen LogP contribution in [0.4, 0.5) is 0 Å². The van der Waals surface area contributed by atoms with Crippen molar-refractivity contribution in [2.24, 2.45) is 5.92 Å². The van der Waals surface area contributed by atoms with Crippen LogP contribution in [0.5, 0.6) is 0 Å². The van der Waals surface area contributed by atoms with Gasteiger partial charge in [0.25, 0.3) is 10.0 Å². The van der Waals surface area contributed by atoms with Crippen LogP contribution in [0, 0.1) is 12.8 Å². The van der Waals surface area contributed by atoms with Crippen LogP contribution < -0.4 is 4.72 Å². The summed E-state index contributed by atoms with van der Waals surface area (Å²) in [5.41, 5.74) is 0. The second kappa shape index (κ2) is 6.46. The molecule has 0 unspecified atom stereocenters. The highest BCUT2D eigenvalue weighted by molar-refractivity contribution is 7.89. The van der Waals surface area contributed by atoms with Gasteiger partial charge >= 0.3 is 0 Å². The normalized spacial score (nSPS) is 21.8. The third-order valence-corrected chi connectivity index (χ3v) is 5.37. The molecule has 3 rings (SSSR count). The van der Waals surface area contributed by atoms with E-state index in [0.29, 0.717) is 18.9 Å². The number of hydrogen-bond acceptors (Lipinski definition) is 5. The predicted octanol–water partition coefficient (Wildman–Crippen LogP) is 1.86. The van der Waals surface area contributed by atoms with E-state index in [1.165, 1.54) is 6.07 Å². The molecule has 1 fully saturated rings. The molecule has 0 radical (unpaired) electrons. The van der Waals surface area contributed by atoms with Crippen molar-refractivity contribution in [2.75, 3.05) is 13.2 Å². The Kier molecular flexibility index (Phi) is 4.56. The Labute approximate surface area is 135 Å². The van der Waals surface area contributed by atoms with Crippen molar-refractivity contribution in [3.05, 3.63) is 36.1 Å². The molecule has 1 aliphatic rings. The number of sulfonamides is 1. The fraction of sp³-hybridized carbons (Fsp3) is 0.533. The first-order valence-corrected chi connectivity index (χ1v) is 9.18. The molecule has 2 aromatic rings. The Morgan fingerprint density at radius 2 is 2.26 bits per heavy atom. The zero-order valence-electron chi connectivity index (χ0n) is 13.2. The maximum atomic E-state index is 12.3. The number of hydrogen-bond donors (Lipinski definition) is 1. The standard InChI is InChI=1S/C15H21N3O4S/c1-3-18-8-7-16-15(18)14-12(6-9-21-14)10-17-23(19,20)13-5-4-11(2)22-13/h4-5,7-8,12,14,17H,3,6,9-10H2,1-2H3/t12-,14+/m0/s1. The molecular weight excluding hydrogens is 318 g/mol. The van der Waals surface area contributed by atoms with E-state index in [9.17, 15) is 8.42 Å². The molecule has 23 heavy (non-hydrogen) atoms. The maximum Gasteiger partial charge on any atom is 0.273 e. The van der Waals surface area contributed by atoms with Gasteiger partial charge in [0.15, 0.2) is 0 Å². The predicted molar refractivity (Wildman–Crippen MR) is 83.3 cm³/mol. The summed E-state index contributed by atoms with van der Waals surface area (Å²) in [6.07, 6.45) is 4.25. The van der Waals surface area contributed by atoms with Gasteiger partial charge in [-0.25, -0.2) is 18.1 Å². The highest BCUT2D eigenvalue weighted by Crippen LogP contribution is 2.33. The average molecular weight is 339 g/mol. The smallest absolute Gasteiger partial charge is 0.273 e. The van der Waals surface area contributed by atoms with E-state index < -0.39 is 10.0 Å². The summed E-state index contributed by atoms with van der Waals surface area (Å²) in [5, 5.41) is -0.0551. The topological polar surface area (TPSA) is 86.4 Å². The van der Waals surface area contributed by atoms with E-state index in [2.05, 4.69) is 9.71 Å². The van der Waals surface area contributed by atoms with Crippen LogP contribution in [0.25, 0.3) is 0 Å². The molecule has 0 saturated carbocycles. The summed E-state index contributed by atoms with van der Waals surface area (Å²) >= 11 is 0. The molecule has 0 bridgehead atoms. The molecule has 1 N–H and O–H groups in total. The lowest BCUT2D eigenvalue weighted by Crippen LogP contribution is -2.31. The van der Waals surface area contributed by atoms with E-state index >= 15 is 0 Å². The van der Waals surface area contributed by atoms with Gasteiger partial charge in [0.1, 0.15) is 17.7 Å². The van der Waals surface area contributed by atoms with Gasteiger partial charge in [-0.05, 0) is 32.4 Å². The second-order valence-electron chi connectivity index (χ2n) is 5.63. The van der Waals surface area contributed by atoms with Crippen LogP contribution in [-0.2, 0) is 21.3 Å². The van der Waals surface area contributed by atoms with Crippen LogP contribution in [0.2, 0.25) is 0 Å². The summed E-state index contributed by atoms with van der Waals surface area (Å²) in [7, 11) is -3.63. The highest BCUT2D eigenvalue weighted by Gasteiger charge is 2.33. The summed E-state index contributed by atoms with van der Waals surface area (Å²) < 4.78 is 40.1. The van der Waals surface area contributed by atoms with Gasteiger partial charge in [0, 0.05) is 38.0 Å². The molecule has 0 spiro atoms. The van der Waals surface area contributed by atoms with E-state index in [4.69, 9.17) is 9.15 Å². The van der Waals surface area contributed by atoms with Crippen LogP contribution >= 0.6 is 0 Å². The van der Waals surface area contributed by atoms with Gasteiger partial charge < -0.3 is 13.7 Å². The van der Waals surface area contributed by atoms with Gasteiger partial charge in [-0.3, -0.25) is 0 Å². The molecule has 7 nitrogen and oxygen atoms in total. The van der Waals surface area contributed by atoms with E-state index in [1.807, 2.05) is 17.7 Å². The third-order valence-electron chi connectivity index (χ3n) is 4.07. The molecule has 2 aromatic heterocycles. The van der Waals surface area contributed by atoms with Crippen molar-refractivity contribution >= 4 is 10.0 Å². The largest absolute Gasteiger partial charge is 0.449 e.